The first-order valence-electron chi connectivity index (χ1n) is 10.1. The van der Waals surface area contributed by atoms with Crippen LogP contribution in [0, 0.1) is 0 Å². The maximum atomic E-state index is 13.1. The maximum Gasteiger partial charge on any atom is 0.252 e. The van der Waals surface area contributed by atoms with Crippen molar-refractivity contribution in [3.05, 3.63) is 53.1 Å². The van der Waals surface area contributed by atoms with Crippen LogP contribution in [-0.2, 0) is 4.79 Å². The third-order valence-electron chi connectivity index (χ3n) is 4.84. The van der Waals surface area contributed by atoms with E-state index in [0.29, 0.717) is 35.7 Å². The topological polar surface area (TPSA) is 54.9 Å². The molecule has 0 spiro atoms. The molecule has 170 valence electrons. The summed E-state index contributed by atoms with van der Waals surface area (Å²) in [5.74, 6) is 1.28. The summed E-state index contributed by atoms with van der Waals surface area (Å²) in [6.07, 6.45) is 4.13. The predicted octanol–water partition coefficient (Wildman–Crippen LogP) is 5.14. The number of halogens is 2. The summed E-state index contributed by atoms with van der Waals surface area (Å²) in [6.45, 7) is 2.50. The zero-order chi connectivity index (χ0) is 21.8. The molecule has 2 aromatic carbocycles. The van der Waals surface area contributed by atoms with Crippen LogP contribution in [-0.4, -0.2) is 56.2 Å². The number of thiazole rings is 1. The standard InChI is InChI=1S/C23H24ClN3O3S.ClH/c1-26(2)10-5-11-27(22(28)9-8-16-6-3-4-7-17(16)24)23-25-18-14-19-20(15-21(18)31-23)30-13-12-29-19;/h3-4,6-9,14-15H,5,10-13H2,1-2H3;1H. The van der Waals surface area contributed by atoms with Gasteiger partial charge in [0.2, 0.25) is 0 Å². The van der Waals surface area contributed by atoms with E-state index in [9.17, 15) is 4.79 Å². The number of aromatic nitrogens is 1. The number of amides is 1. The van der Waals surface area contributed by atoms with Crippen molar-refractivity contribution >= 4 is 62.7 Å². The van der Waals surface area contributed by atoms with E-state index in [0.717, 1.165) is 34.5 Å². The lowest BCUT2D eigenvalue weighted by Crippen LogP contribution is -2.32. The fraction of sp³-hybridized carbons (Fsp3) is 0.304. The summed E-state index contributed by atoms with van der Waals surface area (Å²) in [4.78, 5) is 21.7. The Bertz CT molecular complexity index is 1070. The Hall–Kier alpha value is -2.32. The van der Waals surface area contributed by atoms with Crippen molar-refractivity contribution in [1.29, 1.82) is 0 Å². The molecular weight excluding hydrogens is 469 g/mol. The van der Waals surface area contributed by atoms with Crippen LogP contribution in [0.15, 0.2) is 42.5 Å². The van der Waals surface area contributed by atoms with Gasteiger partial charge in [-0.3, -0.25) is 9.69 Å². The maximum absolute atomic E-state index is 13.1. The molecule has 0 saturated carbocycles. The van der Waals surface area contributed by atoms with E-state index in [2.05, 4.69) is 4.90 Å². The molecule has 0 N–H and O–H groups in total. The summed E-state index contributed by atoms with van der Waals surface area (Å²) in [6, 6.07) is 11.3. The molecule has 1 aromatic heterocycles. The third kappa shape index (κ3) is 5.72. The second-order valence-corrected chi connectivity index (χ2v) is 8.88. The molecule has 1 aliphatic heterocycles. The summed E-state index contributed by atoms with van der Waals surface area (Å²) in [7, 11) is 4.04. The molecule has 4 rings (SSSR count). The molecule has 0 aliphatic carbocycles. The van der Waals surface area contributed by atoms with Crippen molar-refractivity contribution in [3.8, 4) is 11.5 Å². The molecule has 0 bridgehead atoms. The number of hydrogen-bond donors (Lipinski definition) is 0. The Morgan fingerprint density at radius 2 is 1.88 bits per heavy atom. The lowest BCUT2D eigenvalue weighted by Gasteiger charge is -2.19. The summed E-state index contributed by atoms with van der Waals surface area (Å²) < 4.78 is 12.3. The molecule has 3 aromatic rings. The number of carbonyl (C=O) groups excluding carboxylic acids is 1. The van der Waals surface area contributed by atoms with E-state index in [4.69, 9.17) is 26.1 Å². The molecule has 6 nitrogen and oxygen atoms in total. The highest BCUT2D eigenvalue weighted by molar-refractivity contribution is 7.22. The molecular formula is C23H25Cl2N3O3S. The highest BCUT2D eigenvalue weighted by Crippen LogP contribution is 2.38. The van der Waals surface area contributed by atoms with Crippen molar-refractivity contribution in [2.24, 2.45) is 0 Å². The Labute approximate surface area is 202 Å². The summed E-state index contributed by atoms with van der Waals surface area (Å²) >= 11 is 7.70. The molecule has 0 radical (unpaired) electrons. The van der Waals surface area contributed by atoms with Crippen molar-refractivity contribution < 1.29 is 14.3 Å². The first-order chi connectivity index (χ1) is 15.0. The smallest absolute Gasteiger partial charge is 0.252 e. The largest absolute Gasteiger partial charge is 0.486 e. The van der Waals surface area contributed by atoms with Gasteiger partial charge in [0.05, 0.1) is 10.2 Å². The minimum Gasteiger partial charge on any atom is -0.486 e. The van der Waals surface area contributed by atoms with Crippen LogP contribution in [0.25, 0.3) is 16.3 Å². The zero-order valence-corrected chi connectivity index (χ0v) is 20.3. The third-order valence-corrected chi connectivity index (χ3v) is 6.22. The normalized spacial score (nSPS) is 12.9. The number of carbonyl (C=O) groups is 1. The Morgan fingerprint density at radius 3 is 2.59 bits per heavy atom. The van der Waals surface area contributed by atoms with Gasteiger partial charge in [0.25, 0.3) is 5.91 Å². The van der Waals surface area contributed by atoms with E-state index < -0.39 is 0 Å². The SMILES string of the molecule is CN(C)CCCN(C(=O)C=Cc1ccccc1Cl)c1nc2cc3c(cc2s1)OCCO3.Cl. The average molecular weight is 494 g/mol. The fourth-order valence-electron chi connectivity index (χ4n) is 3.27. The Morgan fingerprint density at radius 1 is 1.16 bits per heavy atom. The number of anilines is 1. The first-order valence-corrected chi connectivity index (χ1v) is 11.3. The second kappa shape index (κ2) is 11.0. The molecule has 2 heterocycles. The molecule has 0 fully saturated rings. The molecule has 1 aliphatic rings. The molecule has 0 atom stereocenters. The highest BCUT2D eigenvalue weighted by Gasteiger charge is 2.20. The first kappa shape index (κ1) is 24.3. The van der Waals surface area contributed by atoms with E-state index >= 15 is 0 Å². The van der Waals surface area contributed by atoms with Crippen molar-refractivity contribution in [1.82, 2.24) is 9.88 Å². The monoisotopic (exact) mass is 493 g/mol. The minimum absolute atomic E-state index is 0. The van der Waals surface area contributed by atoms with Crippen LogP contribution >= 0.6 is 35.3 Å². The zero-order valence-electron chi connectivity index (χ0n) is 17.9. The van der Waals surface area contributed by atoms with Crippen LogP contribution in [0.3, 0.4) is 0 Å². The fourth-order valence-corrected chi connectivity index (χ4v) is 4.48. The van der Waals surface area contributed by atoms with Gasteiger partial charge in [-0.2, -0.15) is 0 Å². The number of nitrogens with zero attached hydrogens (tertiary/aromatic N) is 3. The van der Waals surface area contributed by atoms with Gasteiger partial charge in [-0.25, -0.2) is 4.98 Å². The number of rotatable bonds is 7. The van der Waals surface area contributed by atoms with Crippen molar-refractivity contribution in [3.63, 3.8) is 0 Å². The molecule has 9 heteroatoms. The minimum atomic E-state index is -0.130. The van der Waals surface area contributed by atoms with Gasteiger partial charge in [-0.05, 0) is 44.8 Å². The average Bonchev–Trinajstić information content (AvgIpc) is 3.16. The quantitative estimate of drug-likeness (QED) is 0.426. The lowest BCUT2D eigenvalue weighted by molar-refractivity contribution is -0.114. The van der Waals surface area contributed by atoms with Crippen LogP contribution < -0.4 is 14.4 Å². The van der Waals surface area contributed by atoms with Gasteiger partial charge in [-0.1, -0.05) is 41.1 Å². The molecule has 1 amide bonds. The van der Waals surface area contributed by atoms with Gasteiger partial charge in [0.15, 0.2) is 16.6 Å². The van der Waals surface area contributed by atoms with E-state index in [1.165, 1.54) is 11.3 Å². The van der Waals surface area contributed by atoms with Crippen molar-refractivity contribution in [2.45, 2.75) is 6.42 Å². The molecule has 0 saturated heterocycles. The number of hydrogen-bond acceptors (Lipinski definition) is 6. The Kier molecular flexibility index (Phi) is 8.37. The number of ether oxygens (including phenoxy) is 2. The van der Waals surface area contributed by atoms with Crippen LogP contribution in [0.1, 0.15) is 12.0 Å². The van der Waals surface area contributed by atoms with Crippen LogP contribution in [0.2, 0.25) is 5.02 Å². The van der Waals surface area contributed by atoms with Gasteiger partial charge >= 0.3 is 0 Å². The second-order valence-electron chi connectivity index (χ2n) is 7.46. The van der Waals surface area contributed by atoms with Crippen LogP contribution in [0.4, 0.5) is 5.13 Å². The molecule has 0 unspecified atom stereocenters. The van der Waals surface area contributed by atoms with Gasteiger partial charge < -0.3 is 14.4 Å². The highest BCUT2D eigenvalue weighted by atomic mass is 35.5. The lowest BCUT2D eigenvalue weighted by atomic mass is 10.2. The summed E-state index contributed by atoms with van der Waals surface area (Å²) in [5, 5.41) is 1.26. The number of fused-ring (bicyclic) bond motifs is 2. The number of benzene rings is 2. The van der Waals surface area contributed by atoms with Crippen molar-refractivity contribution in [2.75, 3.05) is 45.3 Å². The van der Waals surface area contributed by atoms with Crippen LogP contribution in [0.5, 0.6) is 11.5 Å². The van der Waals surface area contributed by atoms with Gasteiger partial charge in [-0.15, -0.1) is 12.4 Å². The van der Waals surface area contributed by atoms with E-state index in [-0.39, 0.29) is 18.3 Å². The van der Waals surface area contributed by atoms with E-state index in [1.54, 1.807) is 23.1 Å². The predicted molar refractivity (Wildman–Crippen MR) is 134 cm³/mol. The van der Waals surface area contributed by atoms with E-state index in [1.807, 2.05) is 44.4 Å². The summed E-state index contributed by atoms with van der Waals surface area (Å²) in [5.41, 5.74) is 1.60. The molecule has 32 heavy (non-hydrogen) atoms. The van der Waals surface area contributed by atoms with Gasteiger partial charge in [0, 0.05) is 29.8 Å². The van der Waals surface area contributed by atoms with Gasteiger partial charge in [0.1, 0.15) is 13.2 Å². The Balaban J connectivity index is 0.00000289.